The lowest BCUT2D eigenvalue weighted by molar-refractivity contribution is -0.116. The minimum Gasteiger partial charge on any atom is -0.326 e. The number of carbonyl (C=O) groups is 2. The van der Waals surface area contributed by atoms with Crippen LogP contribution in [0.4, 0.5) is 15.8 Å². The molecule has 0 saturated heterocycles. The van der Waals surface area contributed by atoms with Crippen molar-refractivity contribution >= 4 is 23.2 Å². The van der Waals surface area contributed by atoms with Crippen LogP contribution in [0.25, 0.3) is 0 Å². The number of fused-ring (bicyclic) bond motifs is 1. The Balaban J connectivity index is 1.68. The first-order valence-electron chi connectivity index (χ1n) is 6.57. The summed E-state index contributed by atoms with van der Waals surface area (Å²) in [6.07, 6.45) is 0.521. The van der Waals surface area contributed by atoms with Crippen LogP contribution < -0.4 is 10.6 Å². The van der Waals surface area contributed by atoms with Crippen LogP contribution >= 0.6 is 0 Å². The van der Waals surface area contributed by atoms with E-state index in [1.807, 2.05) is 6.07 Å². The molecule has 0 aromatic heterocycles. The van der Waals surface area contributed by atoms with Gasteiger partial charge in [-0.25, -0.2) is 4.39 Å². The molecule has 1 aliphatic heterocycles. The molecule has 106 valence electrons. The van der Waals surface area contributed by atoms with Crippen LogP contribution in [0.5, 0.6) is 0 Å². The maximum Gasteiger partial charge on any atom is 0.228 e. The van der Waals surface area contributed by atoms with Gasteiger partial charge in [-0.1, -0.05) is 18.2 Å². The van der Waals surface area contributed by atoms with Gasteiger partial charge < -0.3 is 10.6 Å². The van der Waals surface area contributed by atoms with Gasteiger partial charge >= 0.3 is 0 Å². The first-order valence-corrected chi connectivity index (χ1v) is 6.57. The highest BCUT2D eigenvalue weighted by molar-refractivity contribution is 5.99. The fraction of sp³-hybridized carbons (Fsp3) is 0.125. The molecular weight excluding hydrogens is 271 g/mol. The van der Waals surface area contributed by atoms with Crippen LogP contribution in [0.2, 0.25) is 0 Å². The summed E-state index contributed by atoms with van der Waals surface area (Å²) in [5.41, 5.74) is 2.95. The zero-order chi connectivity index (χ0) is 14.8. The van der Waals surface area contributed by atoms with Crippen LogP contribution in [-0.4, -0.2) is 11.8 Å². The number of nitrogens with one attached hydrogen (secondary N) is 2. The summed E-state index contributed by atoms with van der Waals surface area (Å²) in [5, 5.41) is 5.39. The van der Waals surface area contributed by atoms with Crippen molar-refractivity contribution in [3.05, 3.63) is 59.4 Å². The molecule has 2 aromatic carbocycles. The largest absolute Gasteiger partial charge is 0.326 e. The van der Waals surface area contributed by atoms with Gasteiger partial charge in [-0.05, 0) is 35.4 Å². The smallest absolute Gasteiger partial charge is 0.228 e. The Hall–Kier alpha value is -2.69. The zero-order valence-corrected chi connectivity index (χ0v) is 11.2. The molecule has 3 rings (SSSR count). The van der Waals surface area contributed by atoms with Crippen molar-refractivity contribution in [1.29, 1.82) is 0 Å². The predicted molar refractivity (Wildman–Crippen MR) is 77.5 cm³/mol. The van der Waals surface area contributed by atoms with Crippen molar-refractivity contribution in [2.24, 2.45) is 0 Å². The van der Waals surface area contributed by atoms with Crippen LogP contribution in [0.1, 0.15) is 11.1 Å². The van der Waals surface area contributed by atoms with Crippen molar-refractivity contribution in [1.82, 2.24) is 0 Å². The van der Waals surface area contributed by atoms with Gasteiger partial charge in [0.1, 0.15) is 5.82 Å². The Labute approximate surface area is 121 Å². The average molecular weight is 284 g/mol. The molecule has 0 bridgehead atoms. The lowest BCUT2D eigenvalue weighted by Gasteiger charge is -2.06. The number of amides is 2. The predicted octanol–water partition coefficient (Wildman–Crippen LogP) is 2.50. The number of hydrogen-bond donors (Lipinski definition) is 2. The molecule has 2 N–H and O–H groups in total. The van der Waals surface area contributed by atoms with Gasteiger partial charge in [0.25, 0.3) is 0 Å². The third-order valence-corrected chi connectivity index (χ3v) is 3.27. The second-order valence-corrected chi connectivity index (χ2v) is 4.95. The highest BCUT2D eigenvalue weighted by Crippen LogP contribution is 2.24. The van der Waals surface area contributed by atoms with Gasteiger partial charge in [0, 0.05) is 11.4 Å². The number of hydrogen-bond acceptors (Lipinski definition) is 2. The molecule has 1 heterocycles. The van der Waals surface area contributed by atoms with E-state index in [2.05, 4.69) is 10.6 Å². The lowest BCUT2D eigenvalue weighted by atomic mass is 10.1. The molecule has 0 saturated carbocycles. The Morgan fingerprint density at radius 3 is 2.90 bits per heavy atom. The molecule has 2 aromatic rings. The topological polar surface area (TPSA) is 58.2 Å². The summed E-state index contributed by atoms with van der Waals surface area (Å²) in [5.74, 6) is -0.654. The average Bonchev–Trinajstić information content (AvgIpc) is 2.78. The number of halogens is 1. The van der Waals surface area contributed by atoms with Gasteiger partial charge in [-0.3, -0.25) is 9.59 Å². The molecule has 4 nitrogen and oxygen atoms in total. The number of rotatable bonds is 3. The maximum absolute atomic E-state index is 13.0. The van der Waals surface area contributed by atoms with Crippen molar-refractivity contribution in [3.63, 3.8) is 0 Å². The summed E-state index contributed by atoms with van der Waals surface area (Å²) in [6, 6.07) is 11.2. The van der Waals surface area contributed by atoms with E-state index in [1.54, 1.807) is 18.2 Å². The highest BCUT2D eigenvalue weighted by Gasteiger charge is 2.18. The minimum absolute atomic E-state index is 0.0358. The third-order valence-electron chi connectivity index (χ3n) is 3.27. The van der Waals surface area contributed by atoms with Gasteiger partial charge in [0.05, 0.1) is 12.8 Å². The molecule has 5 heteroatoms. The van der Waals surface area contributed by atoms with E-state index >= 15 is 0 Å². The molecule has 0 spiro atoms. The molecule has 1 aliphatic rings. The summed E-state index contributed by atoms with van der Waals surface area (Å²) in [7, 11) is 0. The Morgan fingerprint density at radius 2 is 2.10 bits per heavy atom. The van der Waals surface area contributed by atoms with Crippen molar-refractivity contribution in [3.8, 4) is 0 Å². The SMILES string of the molecule is O=C(Cc1ccc2c(c1)CC(=O)N2)Nc1cccc(F)c1. The second-order valence-electron chi connectivity index (χ2n) is 4.95. The Bertz CT molecular complexity index is 728. The van der Waals surface area contributed by atoms with Gasteiger partial charge in [-0.2, -0.15) is 0 Å². The van der Waals surface area contributed by atoms with Crippen LogP contribution in [0.3, 0.4) is 0 Å². The number of carbonyl (C=O) groups excluding carboxylic acids is 2. The fourth-order valence-corrected chi connectivity index (χ4v) is 2.35. The van der Waals surface area contributed by atoms with E-state index in [0.717, 1.165) is 16.8 Å². The quantitative estimate of drug-likeness (QED) is 0.909. The lowest BCUT2D eigenvalue weighted by Crippen LogP contribution is -2.14. The molecule has 0 unspecified atom stereocenters. The normalized spacial score (nSPS) is 12.7. The third kappa shape index (κ3) is 3.08. The molecular formula is C16H13FN2O2. The zero-order valence-electron chi connectivity index (χ0n) is 11.2. The minimum atomic E-state index is -0.394. The van der Waals surface area contributed by atoms with Crippen LogP contribution in [0, 0.1) is 5.82 Å². The van der Waals surface area contributed by atoms with E-state index in [9.17, 15) is 14.0 Å². The summed E-state index contributed by atoms with van der Waals surface area (Å²) < 4.78 is 13.0. The molecule has 0 atom stereocenters. The summed E-state index contributed by atoms with van der Waals surface area (Å²) in [6.45, 7) is 0. The van der Waals surface area contributed by atoms with E-state index in [1.165, 1.54) is 18.2 Å². The van der Waals surface area contributed by atoms with Crippen molar-refractivity contribution in [2.45, 2.75) is 12.8 Å². The summed E-state index contributed by atoms with van der Waals surface area (Å²) >= 11 is 0. The van der Waals surface area contributed by atoms with Crippen LogP contribution in [-0.2, 0) is 22.4 Å². The van der Waals surface area contributed by atoms with Gasteiger partial charge in [0.15, 0.2) is 0 Å². The first-order chi connectivity index (χ1) is 10.1. The van der Waals surface area contributed by atoms with E-state index in [4.69, 9.17) is 0 Å². The second kappa shape index (κ2) is 5.36. The molecule has 0 radical (unpaired) electrons. The Morgan fingerprint density at radius 1 is 1.24 bits per heavy atom. The Kier molecular flexibility index (Phi) is 3.39. The van der Waals surface area contributed by atoms with E-state index in [-0.39, 0.29) is 18.2 Å². The summed E-state index contributed by atoms with van der Waals surface area (Å²) in [4.78, 5) is 23.2. The van der Waals surface area contributed by atoms with E-state index in [0.29, 0.717) is 12.1 Å². The molecule has 0 fully saturated rings. The van der Waals surface area contributed by atoms with Crippen molar-refractivity contribution in [2.75, 3.05) is 10.6 Å². The molecule has 21 heavy (non-hydrogen) atoms. The number of anilines is 2. The monoisotopic (exact) mass is 284 g/mol. The van der Waals surface area contributed by atoms with Gasteiger partial charge in [-0.15, -0.1) is 0 Å². The van der Waals surface area contributed by atoms with E-state index < -0.39 is 5.82 Å². The standard InChI is InChI=1S/C16H13FN2O2/c17-12-2-1-3-13(9-12)18-15(20)7-10-4-5-14-11(6-10)8-16(21)19-14/h1-6,9H,7-8H2,(H,18,20)(H,19,21). The first kappa shape index (κ1) is 13.3. The molecule has 2 amide bonds. The highest BCUT2D eigenvalue weighted by atomic mass is 19.1. The van der Waals surface area contributed by atoms with Crippen LogP contribution in [0.15, 0.2) is 42.5 Å². The maximum atomic E-state index is 13.0. The van der Waals surface area contributed by atoms with Crippen molar-refractivity contribution < 1.29 is 14.0 Å². The van der Waals surface area contributed by atoms with Gasteiger partial charge in [0.2, 0.25) is 11.8 Å². The fourth-order valence-electron chi connectivity index (χ4n) is 2.35. The molecule has 0 aliphatic carbocycles. The number of benzene rings is 2.